The number of hydrogen-bond acceptors (Lipinski definition) is 5. The maximum atomic E-state index is 11.9. The SMILES string of the molecule is O=C(CNc1ccccc1)NNC1=NS(=O)(=O)c2ccccc21. The molecular formula is C15H14N4O3S. The summed E-state index contributed by atoms with van der Waals surface area (Å²) >= 11 is 0. The Bertz CT molecular complexity index is 863. The summed E-state index contributed by atoms with van der Waals surface area (Å²) in [5.41, 5.74) is 6.24. The molecule has 0 radical (unpaired) electrons. The fourth-order valence-electron chi connectivity index (χ4n) is 2.11. The molecule has 0 saturated carbocycles. The summed E-state index contributed by atoms with van der Waals surface area (Å²) in [6, 6.07) is 15.7. The number of hydrazine groups is 1. The van der Waals surface area contributed by atoms with Crippen LogP contribution in [0.2, 0.25) is 0 Å². The van der Waals surface area contributed by atoms with Crippen LogP contribution >= 0.6 is 0 Å². The van der Waals surface area contributed by atoms with Crippen LogP contribution in [0.15, 0.2) is 63.9 Å². The maximum Gasteiger partial charge on any atom is 0.285 e. The number of anilines is 1. The minimum atomic E-state index is -3.70. The van der Waals surface area contributed by atoms with Gasteiger partial charge in [0.15, 0.2) is 5.84 Å². The smallest absolute Gasteiger partial charge is 0.285 e. The maximum absolute atomic E-state index is 11.9. The van der Waals surface area contributed by atoms with E-state index in [1.807, 2.05) is 30.3 Å². The molecule has 0 fully saturated rings. The lowest BCUT2D eigenvalue weighted by atomic mass is 10.2. The fourth-order valence-corrected chi connectivity index (χ4v) is 3.28. The van der Waals surface area contributed by atoms with Crippen molar-refractivity contribution in [3.8, 4) is 0 Å². The van der Waals surface area contributed by atoms with Gasteiger partial charge in [-0.25, -0.2) is 0 Å². The van der Waals surface area contributed by atoms with Crippen molar-refractivity contribution in [2.75, 3.05) is 11.9 Å². The van der Waals surface area contributed by atoms with Crippen LogP contribution in [0.25, 0.3) is 0 Å². The van der Waals surface area contributed by atoms with Gasteiger partial charge in [-0.05, 0) is 24.3 Å². The zero-order valence-corrected chi connectivity index (χ0v) is 12.8. The molecule has 0 bridgehead atoms. The lowest BCUT2D eigenvalue weighted by molar-refractivity contribution is -0.119. The number of carbonyl (C=O) groups is 1. The zero-order chi connectivity index (χ0) is 16.3. The van der Waals surface area contributed by atoms with Crippen molar-refractivity contribution in [1.82, 2.24) is 10.9 Å². The molecule has 0 aliphatic carbocycles. The van der Waals surface area contributed by atoms with E-state index in [9.17, 15) is 13.2 Å². The molecule has 3 N–H and O–H groups in total. The van der Waals surface area contributed by atoms with Crippen LogP contribution in [0.4, 0.5) is 5.69 Å². The second kappa shape index (κ2) is 6.09. The Morgan fingerprint density at radius 2 is 1.70 bits per heavy atom. The molecule has 0 unspecified atom stereocenters. The van der Waals surface area contributed by atoms with Gasteiger partial charge in [-0.15, -0.1) is 4.40 Å². The highest BCUT2D eigenvalue weighted by Crippen LogP contribution is 2.24. The van der Waals surface area contributed by atoms with E-state index in [-0.39, 0.29) is 23.2 Å². The van der Waals surface area contributed by atoms with Crippen molar-refractivity contribution < 1.29 is 13.2 Å². The third-order valence-electron chi connectivity index (χ3n) is 3.18. The molecule has 1 aliphatic rings. The normalized spacial score (nSPS) is 14.5. The molecule has 3 rings (SSSR count). The van der Waals surface area contributed by atoms with Gasteiger partial charge in [-0.3, -0.25) is 15.6 Å². The first kappa shape index (κ1) is 15.0. The van der Waals surface area contributed by atoms with Crippen LogP contribution in [-0.4, -0.2) is 26.7 Å². The summed E-state index contributed by atoms with van der Waals surface area (Å²) in [6.45, 7) is 0.0404. The van der Waals surface area contributed by atoms with Gasteiger partial charge in [0, 0.05) is 11.3 Å². The van der Waals surface area contributed by atoms with Crippen molar-refractivity contribution in [3.05, 3.63) is 60.2 Å². The van der Waals surface area contributed by atoms with Crippen molar-refractivity contribution >= 4 is 27.5 Å². The van der Waals surface area contributed by atoms with Gasteiger partial charge in [-0.2, -0.15) is 8.42 Å². The van der Waals surface area contributed by atoms with Gasteiger partial charge >= 0.3 is 0 Å². The van der Waals surface area contributed by atoms with Crippen LogP contribution in [0.3, 0.4) is 0 Å². The molecule has 0 saturated heterocycles. The first-order valence-electron chi connectivity index (χ1n) is 6.84. The first-order valence-corrected chi connectivity index (χ1v) is 8.28. The average molecular weight is 330 g/mol. The molecule has 0 spiro atoms. The number of nitrogens with zero attached hydrogens (tertiary/aromatic N) is 1. The van der Waals surface area contributed by atoms with Gasteiger partial charge in [0.25, 0.3) is 15.9 Å². The Labute approximate surface area is 133 Å². The van der Waals surface area contributed by atoms with E-state index in [1.54, 1.807) is 18.2 Å². The number of rotatable bonds is 3. The molecule has 118 valence electrons. The predicted octanol–water partition coefficient (Wildman–Crippen LogP) is 0.868. The number of hydrogen-bond donors (Lipinski definition) is 3. The number of sulfonamides is 1. The molecule has 1 heterocycles. The minimum Gasteiger partial charge on any atom is -0.376 e. The Hall–Kier alpha value is -2.87. The van der Waals surface area contributed by atoms with Crippen molar-refractivity contribution in [3.63, 3.8) is 0 Å². The Kier molecular flexibility index (Phi) is 3.98. The third-order valence-corrected chi connectivity index (χ3v) is 4.51. The lowest BCUT2D eigenvalue weighted by Gasteiger charge is -2.09. The third kappa shape index (κ3) is 3.32. The summed E-state index contributed by atoms with van der Waals surface area (Å²) in [5.74, 6) is -0.244. The van der Waals surface area contributed by atoms with Crippen LogP contribution in [0, 0.1) is 0 Å². The van der Waals surface area contributed by atoms with Crippen LogP contribution in [0.5, 0.6) is 0 Å². The number of benzene rings is 2. The zero-order valence-electron chi connectivity index (χ0n) is 12.0. The number of para-hydroxylation sites is 1. The quantitative estimate of drug-likeness (QED) is 0.725. The lowest BCUT2D eigenvalue weighted by Crippen LogP contribution is -2.44. The second-order valence-corrected chi connectivity index (χ2v) is 6.38. The predicted molar refractivity (Wildman–Crippen MR) is 86.4 cm³/mol. The molecule has 0 atom stereocenters. The molecule has 1 aliphatic heterocycles. The number of amides is 1. The Morgan fingerprint density at radius 3 is 2.48 bits per heavy atom. The summed E-state index contributed by atoms with van der Waals surface area (Å²) in [5, 5.41) is 2.95. The van der Waals surface area contributed by atoms with E-state index >= 15 is 0 Å². The molecule has 23 heavy (non-hydrogen) atoms. The largest absolute Gasteiger partial charge is 0.376 e. The molecule has 2 aromatic rings. The van der Waals surface area contributed by atoms with Gasteiger partial charge in [-0.1, -0.05) is 30.3 Å². The first-order chi connectivity index (χ1) is 11.1. The number of carbonyl (C=O) groups excluding carboxylic acids is 1. The molecule has 1 amide bonds. The van der Waals surface area contributed by atoms with Gasteiger partial charge < -0.3 is 5.32 Å². The molecule has 8 heteroatoms. The molecular weight excluding hydrogens is 316 g/mol. The standard InChI is InChI=1S/C15H14N4O3S/c20-14(10-16-11-6-2-1-3-7-11)17-18-15-12-8-4-5-9-13(12)23(21,22)19-15/h1-9,16H,10H2,(H,17,20)(H,18,19). The van der Waals surface area contributed by atoms with Crippen LogP contribution in [0.1, 0.15) is 5.56 Å². The summed E-state index contributed by atoms with van der Waals surface area (Å²) in [6.07, 6.45) is 0. The monoisotopic (exact) mass is 330 g/mol. The van der Waals surface area contributed by atoms with Crippen molar-refractivity contribution in [2.24, 2.45) is 4.40 Å². The number of fused-ring (bicyclic) bond motifs is 1. The highest BCUT2D eigenvalue weighted by Gasteiger charge is 2.28. The van der Waals surface area contributed by atoms with Gasteiger partial charge in [0.05, 0.1) is 6.54 Å². The summed E-state index contributed by atoms with van der Waals surface area (Å²) in [7, 11) is -3.70. The van der Waals surface area contributed by atoms with Gasteiger partial charge in [0.1, 0.15) is 4.90 Å². The summed E-state index contributed by atoms with van der Waals surface area (Å²) in [4.78, 5) is 11.9. The molecule has 0 aromatic heterocycles. The minimum absolute atomic E-state index is 0.0404. The molecule has 2 aromatic carbocycles. The van der Waals surface area contributed by atoms with Crippen molar-refractivity contribution in [1.29, 1.82) is 0 Å². The van der Waals surface area contributed by atoms with Crippen LogP contribution < -0.4 is 16.2 Å². The van der Waals surface area contributed by atoms with E-state index in [0.29, 0.717) is 5.56 Å². The highest BCUT2D eigenvalue weighted by atomic mass is 32.2. The average Bonchev–Trinajstić information content (AvgIpc) is 2.83. The van der Waals surface area contributed by atoms with E-state index in [0.717, 1.165) is 5.69 Å². The van der Waals surface area contributed by atoms with E-state index < -0.39 is 10.0 Å². The number of amidine groups is 1. The second-order valence-electron chi connectivity index (χ2n) is 4.80. The van der Waals surface area contributed by atoms with Gasteiger partial charge in [0.2, 0.25) is 0 Å². The van der Waals surface area contributed by atoms with Crippen LogP contribution in [-0.2, 0) is 14.8 Å². The van der Waals surface area contributed by atoms with E-state index in [2.05, 4.69) is 20.6 Å². The van der Waals surface area contributed by atoms with E-state index in [4.69, 9.17) is 0 Å². The Morgan fingerprint density at radius 1 is 1.00 bits per heavy atom. The van der Waals surface area contributed by atoms with Crippen molar-refractivity contribution in [2.45, 2.75) is 4.90 Å². The summed E-state index contributed by atoms with van der Waals surface area (Å²) < 4.78 is 27.4. The fraction of sp³-hybridized carbons (Fsp3) is 0.0667. The number of nitrogens with one attached hydrogen (secondary N) is 3. The highest BCUT2D eigenvalue weighted by molar-refractivity contribution is 7.90. The Balaban J connectivity index is 1.60. The topological polar surface area (TPSA) is 99.7 Å². The van der Waals surface area contributed by atoms with E-state index in [1.165, 1.54) is 6.07 Å². The molecule has 7 nitrogen and oxygen atoms in total.